The Morgan fingerprint density at radius 1 is 0.595 bits per heavy atom. The number of methoxy groups -OCH3 is 1. The van der Waals surface area contributed by atoms with Crippen LogP contribution in [0.4, 0.5) is 11.6 Å². The molecule has 4 heterocycles. The van der Waals surface area contributed by atoms with Crippen LogP contribution in [0, 0.1) is 27.7 Å². The number of amidine groups is 2. The average molecular weight is 1260 g/mol. The van der Waals surface area contributed by atoms with Crippen LogP contribution in [0.2, 0.25) is 0 Å². The third-order valence-electron chi connectivity index (χ3n) is 17.2. The molecule has 4 aromatic carbocycles. The second-order valence-corrected chi connectivity index (χ2v) is 23.0. The number of halogens is 1. The lowest BCUT2D eigenvalue weighted by atomic mass is 9.93. The minimum Gasteiger partial charge on any atom is -0.377 e. The highest BCUT2D eigenvalue weighted by atomic mass is 127. The monoisotopic (exact) mass is 1260 g/mol. The van der Waals surface area contributed by atoms with Crippen LogP contribution in [0.15, 0.2) is 104 Å². The number of benzene rings is 4. The molecule has 0 unspecified atom stereocenters. The molecule has 0 atom stereocenters. The number of hydrogen-bond donors (Lipinski definition) is 1. The Morgan fingerprint density at radius 3 is 1.51 bits per heavy atom. The summed E-state index contributed by atoms with van der Waals surface area (Å²) in [6.45, 7) is 21.3. The van der Waals surface area contributed by atoms with Gasteiger partial charge in [0.05, 0.1) is 26.3 Å². The second-order valence-electron chi connectivity index (χ2n) is 23.0. The van der Waals surface area contributed by atoms with Crippen molar-refractivity contribution in [2.45, 2.75) is 196 Å². The summed E-state index contributed by atoms with van der Waals surface area (Å²) in [5, 5.41) is 11.9. The van der Waals surface area contributed by atoms with Crippen molar-refractivity contribution in [3.8, 4) is 22.3 Å². The van der Waals surface area contributed by atoms with Gasteiger partial charge in [0, 0.05) is 57.4 Å². The second kappa shape index (κ2) is 29.7. The molecule has 0 radical (unpaired) electrons. The van der Waals surface area contributed by atoms with E-state index in [4.69, 9.17) is 33.2 Å². The Labute approximate surface area is 515 Å². The Hall–Kier alpha value is -6.21. The van der Waals surface area contributed by atoms with Crippen molar-refractivity contribution in [1.82, 2.24) is 20.1 Å². The van der Waals surface area contributed by atoms with E-state index in [1.807, 2.05) is 51.3 Å². The zero-order valence-corrected chi connectivity index (χ0v) is 53.6. The van der Waals surface area contributed by atoms with E-state index in [2.05, 4.69) is 119 Å². The summed E-state index contributed by atoms with van der Waals surface area (Å²) in [4.78, 5) is 43.6. The van der Waals surface area contributed by atoms with E-state index in [0.717, 1.165) is 186 Å². The van der Waals surface area contributed by atoms with Crippen molar-refractivity contribution in [3.05, 3.63) is 141 Å². The molecule has 4 aliphatic rings. The Kier molecular flexibility index (Phi) is 22.6. The van der Waals surface area contributed by atoms with Crippen molar-refractivity contribution in [3.63, 3.8) is 0 Å². The summed E-state index contributed by atoms with van der Waals surface area (Å²) in [5.41, 5.74) is 12.3. The Morgan fingerprint density at radius 2 is 1.06 bits per heavy atom. The van der Waals surface area contributed by atoms with Crippen LogP contribution < -0.4 is 10.2 Å². The number of aryl methyl sites for hydroxylation is 2. The number of carbonyl (C=O) groups is 2. The number of anilines is 2. The van der Waals surface area contributed by atoms with Gasteiger partial charge in [0.25, 0.3) is 11.8 Å². The van der Waals surface area contributed by atoms with Crippen LogP contribution >= 0.6 is 24.0 Å². The molecule has 2 aliphatic heterocycles. The van der Waals surface area contributed by atoms with E-state index in [9.17, 15) is 9.59 Å². The largest absolute Gasteiger partial charge is 0.377 e. The number of nitrogens with one attached hydrogen (secondary N) is 1. The highest BCUT2D eigenvalue weighted by molar-refractivity contribution is 14.0. The number of aliphatic imine (C=N–C) groups is 2. The number of ether oxygens (including phenoxy) is 3. The molecule has 2 saturated carbocycles. The number of nitrogens with zero attached hydrogens (tertiary/aromatic N) is 7. The van der Waals surface area contributed by atoms with E-state index in [-0.39, 0.29) is 35.8 Å². The smallest absolute Gasteiger partial charge is 0.256 e. The fourth-order valence-electron chi connectivity index (χ4n) is 12.3. The quantitative estimate of drug-likeness (QED) is 0.0407. The van der Waals surface area contributed by atoms with Gasteiger partial charge in [0.15, 0.2) is 11.6 Å². The van der Waals surface area contributed by atoms with Crippen LogP contribution in [0.5, 0.6) is 0 Å². The number of rotatable bonds is 26. The maximum absolute atomic E-state index is 13.8. The summed E-state index contributed by atoms with van der Waals surface area (Å²) >= 11 is 0. The molecule has 0 bridgehead atoms. The lowest BCUT2D eigenvalue weighted by Crippen LogP contribution is -2.40. The van der Waals surface area contributed by atoms with Crippen LogP contribution in [0.3, 0.4) is 0 Å². The molecule has 1 N–H and O–H groups in total. The zero-order valence-electron chi connectivity index (χ0n) is 51.2. The molecular weight excluding hydrogens is 1170 g/mol. The molecule has 2 aromatic heterocycles. The van der Waals surface area contributed by atoms with Gasteiger partial charge in [-0.05, 0) is 136 Å². The average Bonchev–Trinajstić information content (AvgIpc) is 3.18. The first-order valence-electron chi connectivity index (χ1n) is 30.6. The summed E-state index contributed by atoms with van der Waals surface area (Å²) in [5.74, 6) is 5.50. The molecule has 0 saturated heterocycles. The fourth-order valence-corrected chi connectivity index (χ4v) is 12.3. The van der Waals surface area contributed by atoms with Gasteiger partial charge in [0.2, 0.25) is 0 Å². The highest BCUT2D eigenvalue weighted by Crippen LogP contribution is 2.42. The van der Waals surface area contributed by atoms with Crippen LogP contribution in [0.1, 0.15) is 174 Å². The van der Waals surface area contributed by atoms with E-state index < -0.39 is 11.1 Å². The number of hydrogen-bond acceptors (Lipinski definition) is 13. The topological polar surface area (TPSA) is 160 Å². The summed E-state index contributed by atoms with van der Waals surface area (Å²) in [7, 11) is 1.69. The number of unbranched alkanes of at least 4 members (excludes halogenated alkanes) is 2. The Balaban J connectivity index is 0.000000217. The number of aromatic nitrogens is 2. The minimum absolute atomic E-state index is 0. The maximum Gasteiger partial charge on any atom is 0.256 e. The SMILES string of the molecule is CCCCC1=NC2(CCCC2)C(=O)N1Cc1ccc(-c2ccccc2CN(COC)c2noc(C)c2C)c(COCC)c1.CCCCC1=NC2(CCCC2)C(=O)N1Cc1ccc(-c2ccccc2CNc2noc(C)c2C)c(COCC)c1.I. The van der Waals surface area contributed by atoms with Gasteiger partial charge in [-0.2, -0.15) is 0 Å². The van der Waals surface area contributed by atoms with Gasteiger partial charge in [-0.15, -0.1) is 24.0 Å². The van der Waals surface area contributed by atoms with Crippen LogP contribution in [-0.4, -0.2) is 81.7 Å². The standard InChI is InChI=1S/C35H46N4O4.C33H42N4O3.HI/c1-6-8-15-32-36-35(18-11-12-19-35)34(40)39(32)21-27-16-17-31(29(20-27)23-42-7-2)30-14-10-9-13-28(30)22-38(24-41-5)33-25(3)26(4)43-37-33;1-5-7-14-30-35-33(17-10-11-18-33)32(38)37(30)21-25-15-16-29(27(19-25)22-39-6-2)28-13-9-8-12-26(28)20-34-31-23(3)24(4)40-36-31;/h9-10,13-14,16-17,20H,6-8,11-12,15,18-19,21-24H2,1-5H3;8-9,12-13,15-16,19H,5-7,10-11,14,17-18,20-22H2,1-4H3,(H,34,36);1H. The predicted molar refractivity (Wildman–Crippen MR) is 345 cm³/mol. The molecule has 2 aliphatic carbocycles. The van der Waals surface area contributed by atoms with Gasteiger partial charge in [0.1, 0.15) is 41.0 Å². The molecule has 2 fully saturated rings. The lowest BCUT2D eigenvalue weighted by molar-refractivity contribution is -0.132. The fraction of sp³-hybridized carbons (Fsp3) is 0.500. The number of carbonyl (C=O) groups excluding carboxylic acids is 2. The molecule has 10 rings (SSSR count). The summed E-state index contributed by atoms with van der Waals surface area (Å²) in [6, 6.07) is 30.0. The molecule has 6 aromatic rings. The summed E-state index contributed by atoms with van der Waals surface area (Å²) in [6.07, 6.45) is 13.8. The van der Waals surface area contributed by atoms with Gasteiger partial charge >= 0.3 is 0 Å². The molecule has 84 heavy (non-hydrogen) atoms. The van der Waals surface area contributed by atoms with Crippen LogP contribution in [0.25, 0.3) is 22.3 Å². The Bertz CT molecular complexity index is 3240. The molecule has 2 amide bonds. The third kappa shape index (κ3) is 14.4. The van der Waals surface area contributed by atoms with E-state index in [1.165, 1.54) is 5.56 Å². The first-order chi connectivity index (χ1) is 40.4. The van der Waals surface area contributed by atoms with Crippen molar-refractivity contribution >= 4 is 59.1 Å². The van der Waals surface area contributed by atoms with Gasteiger partial charge < -0.3 is 33.5 Å². The van der Waals surface area contributed by atoms with Crippen LogP contribution in [-0.2, 0) is 63.2 Å². The van der Waals surface area contributed by atoms with Gasteiger partial charge in [-0.3, -0.25) is 29.4 Å². The van der Waals surface area contributed by atoms with Crippen molar-refractivity contribution < 1.29 is 32.8 Å². The predicted octanol–water partition coefficient (Wildman–Crippen LogP) is 15.3. The van der Waals surface area contributed by atoms with E-state index in [0.29, 0.717) is 59.3 Å². The van der Waals surface area contributed by atoms with Crippen molar-refractivity contribution in [1.29, 1.82) is 0 Å². The maximum atomic E-state index is 13.8. The normalized spacial score (nSPS) is 15.9. The molecule has 450 valence electrons. The zero-order chi connectivity index (χ0) is 58.5. The first-order valence-corrected chi connectivity index (χ1v) is 30.6. The number of amides is 2. The highest BCUT2D eigenvalue weighted by Gasteiger charge is 2.50. The molecule has 2 spiro atoms. The lowest BCUT2D eigenvalue weighted by Gasteiger charge is -2.25. The minimum atomic E-state index is -0.523. The van der Waals surface area contributed by atoms with E-state index >= 15 is 0 Å². The summed E-state index contributed by atoms with van der Waals surface area (Å²) < 4.78 is 28.3. The van der Waals surface area contributed by atoms with Crippen molar-refractivity contribution in [2.24, 2.45) is 9.98 Å². The first kappa shape index (κ1) is 63.8. The molecular formula is C68H89IN8O7. The van der Waals surface area contributed by atoms with Gasteiger partial charge in [-0.1, -0.05) is 148 Å². The molecule has 15 nitrogen and oxygen atoms in total. The van der Waals surface area contributed by atoms with Crippen molar-refractivity contribution in [2.75, 3.05) is 37.3 Å². The van der Waals surface area contributed by atoms with Gasteiger partial charge in [-0.25, -0.2) is 0 Å². The third-order valence-corrected chi connectivity index (χ3v) is 17.2. The van der Waals surface area contributed by atoms with E-state index in [1.54, 1.807) is 7.11 Å². The molecule has 16 heteroatoms.